The Labute approximate surface area is 92.3 Å². The Morgan fingerprint density at radius 1 is 1.38 bits per heavy atom. The Hall–Kier alpha value is -1.75. The highest BCUT2D eigenvalue weighted by Crippen LogP contribution is 2.06. The number of rotatable bonds is 6. The van der Waals surface area contributed by atoms with Gasteiger partial charge in [0.25, 0.3) is 0 Å². The maximum atomic E-state index is 12.6. The first-order valence-corrected chi connectivity index (χ1v) is 4.74. The van der Waals surface area contributed by atoms with E-state index in [4.69, 9.17) is 5.11 Å². The van der Waals surface area contributed by atoms with E-state index in [0.29, 0.717) is 12.8 Å². The monoisotopic (exact) mass is 225 g/mol. The van der Waals surface area contributed by atoms with Crippen LogP contribution >= 0.6 is 0 Å². The molecule has 0 saturated carbocycles. The molecule has 1 rings (SSSR count). The lowest BCUT2D eigenvalue weighted by molar-refractivity contribution is -0.138. The van der Waals surface area contributed by atoms with Gasteiger partial charge in [0.2, 0.25) is 0 Å². The molecule has 0 heterocycles. The van der Waals surface area contributed by atoms with Crippen molar-refractivity contribution in [3.05, 3.63) is 35.6 Å². The average molecular weight is 225 g/mol. The molecule has 0 spiro atoms. The minimum Gasteiger partial charge on any atom is -0.480 e. The molecule has 5 heteroatoms. The van der Waals surface area contributed by atoms with Gasteiger partial charge < -0.3 is 9.90 Å². The number of carboxylic acids is 1. The standard InChI is InChI=1S/C11H12FNO3/c12-10-3-1-9(2-4-10)7-13(5-6-14)8-11(15)16/h1-4,6H,5,7-8H2,(H,15,16). The van der Waals surface area contributed by atoms with Gasteiger partial charge in [-0.2, -0.15) is 0 Å². The van der Waals surface area contributed by atoms with Crippen molar-refractivity contribution < 1.29 is 19.1 Å². The van der Waals surface area contributed by atoms with E-state index >= 15 is 0 Å². The summed E-state index contributed by atoms with van der Waals surface area (Å²) in [5, 5.41) is 8.62. The van der Waals surface area contributed by atoms with E-state index in [1.165, 1.54) is 17.0 Å². The molecule has 1 aromatic rings. The number of carbonyl (C=O) groups is 2. The van der Waals surface area contributed by atoms with Crippen molar-refractivity contribution in [2.24, 2.45) is 0 Å². The second-order valence-corrected chi connectivity index (χ2v) is 3.36. The van der Waals surface area contributed by atoms with E-state index < -0.39 is 5.97 Å². The summed E-state index contributed by atoms with van der Waals surface area (Å²) in [6.45, 7) is 0.144. The van der Waals surface area contributed by atoms with Crippen LogP contribution in [0.3, 0.4) is 0 Å². The third-order valence-electron chi connectivity index (χ3n) is 2.01. The largest absolute Gasteiger partial charge is 0.480 e. The van der Waals surface area contributed by atoms with Crippen LogP contribution in [0.2, 0.25) is 0 Å². The van der Waals surface area contributed by atoms with Gasteiger partial charge in [0.1, 0.15) is 12.1 Å². The molecule has 0 radical (unpaired) electrons. The van der Waals surface area contributed by atoms with Crippen LogP contribution in [0.1, 0.15) is 5.56 Å². The highest BCUT2D eigenvalue weighted by molar-refractivity contribution is 5.69. The van der Waals surface area contributed by atoms with Gasteiger partial charge in [0.05, 0.1) is 13.1 Å². The number of nitrogens with zero attached hydrogens (tertiary/aromatic N) is 1. The van der Waals surface area contributed by atoms with Gasteiger partial charge in [-0.15, -0.1) is 0 Å². The van der Waals surface area contributed by atoms with E-state index in [-0.39, 0.29) is 18.9 Å². The summed E-state index contributed by atoms with van der Waals surface area (Å²) < 4.78 is 12.6. The van der Waals surface area contributed by atoms with Crippen molar-refractivity contribution in [3.8, 4) is 0 Å². The second-order valence-electron chi connectivity index (χ2n) is 3.36. The van der Waals surface area contributed by atoms with Crippen molar-refractivity contribution in [3.63, 3.8) is 0 Å². The zero-order chi connectivity index (χ0) is 12.0. The quantitative estimate of drug-likeness (QED) is 0.731. The van der Waals surface area contributed by atoms with Crippen LogP contribution in [0.25, 0.3) is 0 Å². The summed E-state index contributed by atoms with van der Waals surface area (Å²) >= 11 is 0. The zero-order valence-electron chi connectivity index (χ0n) is 8.60. The molecule has 0 unspecified atom stereocenters. The fraction of sp³-hybridized carbons (Fsp3) is 0.273. The molecule has 4 nitrogen and oxygen atoms in total. The third kappa shape index (κ3) is 4.18. The number of aldehydes is 1. The summed E-state index contributed by atoms with van der Waals surface area (Å²) in [7, 11) is 0. The maximum Gasteiger partial charge on any atom is 0.317 e. The fourth-order valence-corrected chi connectivity index (χ4v) is 1.33. The van der Waals surface area contributed by atoms with Crippen molar-refractivity contribution in [2.75, 3.05) is 13.1 Å². The molecule has 0 aliphatic carbocycles. The van der Waals surface area contributed by atoms with Crippen molar-refractivity contribution in [1.29, 1.82) is 0 Å². The summed E-state index contributed by atoms with van der Waals surface area (Å²) in [5.74, 6) is -1.34. The Bertz CT molecular complexity index is 364. The van der Waals surface area contributed by atoms with Gasteiger partial charge >= 0.3 is 5.97 Å². The smallest absolute Gasteiger partial charge is 0.317 e. The molecule has 0 atom stereocenters. The lowest BCUT2D eigenvalue weighted by Crippen LogP contribution is -2.30. The van der Waals surface area contributed by atoms with E-state index in [9.17, 15) is 14.0 Å². The zero-order valence-corrected chi connectivity index (χ0v) is 8.60. The lowest BCUT2D eigenvalue weighted by atomic mass is 10.2. The first kappa shape index (κ1) is 12.3. The predicted octanol–water partition coefficient (Wildman–Crippen LogP) is 0.911. The molecular weight excluding hydrogens is 213 g/mol. The first-order chi connectivity index (χ1) is 7.61. The molecule has 0 bridgehead atoms. The number of carboxylic acid groups (broad SMARTS) is 1. The van der Waals surface area contributed by atoms with Gasteiger partial charge in [0, 0.05) is 6.54 Å². The van der Waals surface area contributed by atoms with Crippen LogP contribution in [-0.4, -0.2) is 35.4 Å². The van der Waals surface area contributed by atoms with Crippen LogP contribution in [0, 0.1) is 5.82 Å². The Balaban J connectivity index is 2.63. The second kappa shape index (κ2) is 5.97. The predicted molar refractivity (Wildman–Crippen MR) is 55.4 cm³/mol. The molecular formula is C11H12FNO3. The van der Waals surface area contributed by atoms with Crippen LogP contribution < -0.4 is 0 Å². The molecule has 0 fully saturated rings. The average Bonchev–Trinajstić information content (AvgIpc) is 2.21. The topological polar surface area (TPSA) is 57.6 Å². The summed E-state index contributed by atoms with van der Waals surface area (Å²) in [5.41, 5.74) is 0.768. The molecule has 0 saturated heterocycles. The molecule has 0 amide bonds. The summed E-state index contributed by atoms with van der Waals surface area (Å²) in [6, 6.07) is 5.73. The number of halogens is 1. The third-order valence-corrected chi connectivity index (χ3v) is 2.01. The maximum absolute atomic E-state index is 12.6. The Morgan fingerprint density at radius 2 is 2.00 bits per heavy atom. The molecule has 0 aliphatic rings. The molecule has 1 N–H and O–H groups in total. The highest BCUT2D eigenvalue weighted by atomic mass is 19.1. The van der Waals surface area contributed by atoms with Crippen molar-refractivity contribution in [2.45, 2.75) is 6.54 Å². The molecule has 0 aromatic heterocycles. The summed E-state index contributed by atoms with van der Waals surface area (Å²) in [4.78, 5) is 22.3. The number of aliphatic carboxylic acids is 1. The summed E-state index contributed by atoms with van der Waals surface area (Å²) in [6.07, 6.45) is 0.645. The fourth-order valence-electron chi connectivity index (χ4n) is 1.33. The van der Waals surface area contributed by atoms with Gasteiger partial charge in [-0.3, -0.25) is 9.69 Å². The number of benzene rings is 1. The van der Waals surface area contributed by atoms with E-state index in [1.807, 2.05) is 0 Å². The minimum atomic E-state index is -0.996. The van der Waals surface area contributed by atoms with E-state index in [1.54, 1.807) is 12.1 Å². The molecule has 1 aromatic carbocycles. The molecule has 16 heavy (non-hydrogen) atoms. The van der Waals surface area contributed by atoms with Gasteiger partial charge in [0.15, 0.2) is 0 Å². The Morgan fingerprint density at radius 3 is 2.50 bits per heavy atom. The van der Waals surface area contributed by atoms with Crippen LogP contribution in [-0.2, 0) is 16.1 Å². The van der Waals surface area contributed by atoms with Crippen molar-refractivity contribution in [1.82, 2.24) is 4.90 Å². The van der Waals surface area contributed by atoms with E-state index in [0.717, 1.165) is 5.56 Å². The SMILES string of the molecule is O=CCN(CC(=O)O)Cc1ccc(F)cc1. The van der Waals surface area contributed by atoms with E-state index in [2.05, 4.69) is 0 Å². The van der Waals surface area contributed by atoms with Crippen LogP contribution in [0.4, 0.5) is 4.39 Å². The number of hydrogen-bond acceptors (Lipinski definition) is 3. The van der Waals surface area contributed by atoms with Gasteiger partial charge in [-0.05, 0) is 17.7 Å². The van der Waals surface area contributed by atoms with Crippen LogP contribution in [0.15, 0.2) is 24.3 Å². The first-order valence-electron chi connectivity index (χ1n) is 4.74. The normalized spacial score (nSPS) is 10.4. The van der Waals surface area contributed by atoms with Gasteiger partial charge in [-0.1, -0.05) is 12.1 Å². The molecule has 0 aliphatic heterocycles. The lowest BCUT2D eigenvalue weighted by Gasteiger charge is -2.16. The minimum absolute atomic E-state index is 0.0453. The Kier molecular flexibility index (Phi) is 4.60. The number of hydrogen-bond donors (Lipinski definition) is 1. The van der Waals surface area contributed by atoms with Crippen molar-refractivity contribution >= 4 is 12.3 Å². The van der Waals surface area contributed by atoms with Crippen LogP contribution in [0.5, 0.6) is 0 Å². The van der Waals surface area contributed by atoms with Gasteiger partial charge in [-0.25, -0.2) is 4.39 Å². The molecule has 86 valence electrons. The number of carbonyl (C=O) groups excluding carboxylic acids is 1. The highest BCUT2D eigenvalue weighted by Gasteiger charge is 2.09.